The van der Waals surface area contributed by atoms with Crippen molar-refractivity contribution >= 4 is 5.97 Å². The van der Waals surface area contributed by atoms with Gasteiger partial charge >= 0.3 is 12.1 Å². The van der Waals surface area contributed by atoms with E-state index in [-0.39, 0.29) is 5.41 Å². The highest BCUT2D eigenvalue weighted by Crippen LogP contribution is 2.67. The quantitative estimate of drug-likeness (QED) is 0.280. The molecule has 2 nitrogen and oxygen atoms in total. The number of carbonyl (C=O) groups is 1. The molecule has 8 atom stereocenters. The van der Waals surface area contributed by atoms with Gasteiger partial charge in [-0.2, -0.15) is 13.2 Å². The van der Waals surface area contributed by atoms with E-state index in [2.05, 4.69) is 40.7 Å². The van der Waals surface area contributed by atoms with Crippen LogP contribution < -0.4 is 0 Å². The summed E-state index contributed by atoms with van der Waals surface area (Å²) in [6.07, 6.45) is 8.89. The molecule has 34 heavy (non-hydrogen) atoms. The molecule has 4 aliphatic carbocycles. The Morgan fingerprint density at radius 1 is 1.06 bits per heavy atom. The highest BCUT2D eigenvalue weighted by atomic mass is 19.4. The number of ether oxygens (including phenoxy) is 1. The van der Waals surface area contributed by atoms with Crippen molar-refractivity contribution in [2.45, 2.75) is 118 Å². The zero-order valence-corrected chi connectivity index (χ0v) is 21.8. The molecule has 3 saturated carbocycles. The molecule has 4 aliphatic rings. The van der Waals surface area contributed by atoms with Crippen molar-refractivity contribution in [3.63, 3.8) is 0 Å². The van der Waals surface area contributed by atoms with Crippen molar-refractivity contribution in [1.29, 1.82) is 0 Å². The van der Waals surface area contributed by atoms with Crippen LogP contribution in [-0.4, -0.2) is 18.2 Å². The summed E-state index contributed by atoms with van der Waals surface area (Å²) in [7, 11) is 0. The lowest BCUT2D eigenvalue weighted by molar-refractivity contribution is -0.206. The van der Waals surface area contributed by atoms with Gasteiger partial charge in [-0.25, -0.2) is 4.79 Å². The number of allylic oxidation sites excluding steroid dienone is 1. The van der Waals surface area contributed by atoms with Gasteiger partial charge in [0, 0.05) is 6.42 Å². The van der Waals surface area contributed by atoms with E-state index in [1.165, 1.54) is 50.5 Å². The van der Waals surface area contributed by atoms with Crippen molar-refractivity contribution < 1.29 is 22.7 Å². The van der Waals surface area contributed by atoms with E-state index in [1.54, 1.807) is 0 Å². The second-order valence-corrected chi connectivity index (χ2v) is 13.1. The molecule has 0 spiro atoms. The van der Waals surface area contributed by atoms with Crippen LogP contribution in [0.1, 0.15) is 105 Å². The largest absolute Gasteiger partial charge is 0.490 e. The van der Waals surface area contributed by atoms with E-state index in [4.69, 9.17) is 4.74 Å². The molecule has 0 saturated heterocycles. The summed E-state index contributed by atoms with van der Waals surface area (Å²) in [5.74, 6) is 2.42. The van der Waals surface area contributed by atoms with E-state index in [9.17, 15) is 18.0 Å². The summed E-state index contributed by atoms with van der Waals surface area (Å²) in [4.78, 5) is 11.4. The highest BCUT2D eigenvalue weighted by molar-refractivity contribution is 5.75. The molecule has 3 fully saturated rings. The van der Waals surface area contributed by atoms with Gasteiger partial charge in [0.1, 0.15) is 6.10 Å². The number of fused-ring (bicyclic) bond motifs is 5. The lowest BCUT2D eigenvalue weighted by Crippen LogP contribution is -2.51. The number of halogens is 3. The molecule has 5 heteroatoms. The molecule has 0 N–H and O–H groups in total. The molecule has 0 aromatic rings. The summed E-state index contributed by atoms with van der Waals surface area (Å²) in [6, 6.07) is 0. The summed E-state index contributed by atoms with van der Waals surface area (Å²) in [6.45, 7) is 12.1. The predicted molar refractivity (Wildman–Crippen MR) is 129 cm³/mol. The van der Waals surface area contributed by atoms with Crippen molar-refractivity contribution in [2.75, 3.05) is 0 Å². The molecular weight excluding hydrogens is 437 g/mol. The second kappa shape index (κ2) is 9.47. The molecule has 4 rings (SSSR count). The number of esters is 1. The van der Waals surface area contributed by atoms with E-state index in [1.807, 2.05) is 0 Å². The van der Waals surface area contributed by atoms with Crippen LogP contribution in [0.15, 0.2) is 11.6 Å². The van der Waals surface area contributed by atoms with Gasteiger partial charge in [-0.05, 0) is 91.3 Å². The lowest BCUT2D eigenvalue weighted by atomic mass is 9.47. The Bertz CT molecular complexity index is 787. The topological polar surface area (TPSA) is 26.3 Å². The first kappa shape index (κ1) is 26.1. The smallest absolute Gasteiger partial charge is 0.455 e. The normalized spacial score (nSPS) is 40.7. The molecule has 0 unspecified atom stereocenters. The SMILES string of the molecule is CC(C)CCC[C@@H](C)[C@H]1CC[C@H]2[C@@H]3CC=C4C[C@H](OC(=O)C(F)(F)F)CC[C@]4(C)[C@H]3CC[C@]12C. The lowest BCUT2D eigenvalue weighted by Gasteiger charge is -2.58. The molecule has 0 heterocycles. The molecule has 0 amide bonds. The van der Waals surface area contributed by atoms with Crippen LogP contribution in [0, 0.1) is 46.3 Å². The minimum Gasteiger partial charge on any atom is -0.455 e. The fourth-order valence-corrected chi connectivity index (χ4v) is 8.97. The van der Waals surface area contributed by atoms with Gasteiger partial charge in [-0.3, -0.25) is 0 Å². The molecule has 0 aliphatic heterocycles. The van der Waals surface area contributed by atoms with Gasteiger partial charge in [0.2, 0.25) is 0 Å². The highest BCUT2D eigenvalue weighted by Gasteiger charge is 2.59. The molecule has 0 radical (unpaired) electrons. The number of alkyl halides is 3. The molecular formula is C29H45F3O2. The number of carbonyl (C=O) groups excluding carboxylic acids is 1. The van der Waals surface area contributed by atoms with Crippen LogP contribution in [0.2, 0.25) is 0 Å². The first-order chi connectivity index (χ1) is 15.9. The van der Waals surface area contributed by atoms with E-state index in [0.29, 0.717) is 30.1 Å². The zero-order valence-electron chi connectivity index (χ0n) is 21.8. The van der Waals surface area contributed by atoms with Gasteiger partial charge in [0.05, 0.1) is 0 Å². The second-order valence-electron chi connectivity index (χ2n) is 13.1. The standard InChI is InChI=1S/C29H45F3O2/c1-18(2)7-6-8-19(3)23-11-12-24-22-10-9-20-17-21(34-26(33)29(30,31)32)13-15-27(20,4)25(22)14-16-28(23,24)5/h9,18-19,21-25H,6-8,10-17H2,1-5H3/t19-,21-,22+,23-,24+,25+,27+,28-/m1/s1. The first-order valence-electron chi connectivity index (χ1n) is 13.8. The maximum Gasteiger partial charge on any atom is 0.490 e. The van der Waals surface area contributed by atoms with Crippen molar-refractivity contribution in [3.05, 3.63) is 11.6 Å². The van der Waals surface area contributed by atoms with Crippen LogP contribution in [-0.2, 0) is 9.53 Å². The zero-order chi connectivity index (χ0) is 24.9. The number of hydrogen-bond acceptors (Lipinski definition) is 2. The average molecular weight is 483 g/mol. The van der Waals surface area contributed by atoms with Crippen LogP contribution in [0.5, 0.6) is 0 Å². The van der Waals surface area contributed by atoms with Crippen molar-refractivity contribution in [1.82, 2.24) is 0 Å². The predicted octanol–water partition coefficient (Wildman–Crippen LogP) is 8.50. The monoisotopic (exact) mass is 482 g/mol. The van der Waals surface area contributed by atoms with Crippen molar-refractivity contribution in [2.24, 2.45) is 46.3 Å². The Hall–Kier alpha value is -1.00. The van der Waals surface area contributed by atoms with Gasteiger partial charge in [0.25, 0.3) is 0 Å². The van der Waals surface area contributed by atoms with Gasteiger partial charge < -0.3 is 4.74 Å². The van der Waals surface area contributed by atoms with E-state index in [0.717, 1.165) is 36.5 Å². The van der Waals surface area contributed by atoms with E-state index >= 15 is 0 Å². The number of rotatable bonds is 6. The van der Waals surface area contributed by atoms with Crippen LogP contribution >= 0.6 is 0 Å². The average Bonchev–Trinajstić information content (AvgIpc) is 3.10. The number of hydrogen-bond donors (Lipinski definition) is 0. The van der Waals surface area contributed by atoms with Gasteiger partial charge in [-0.15, -0.1) is 0 Å². The van der Waals surface area contributed by atoms with Gasteiger partial charge in [0.15, 0.2) is 0 Å². The Morgan fingerprint density at radius 3 is 2.47 bits per heavy atom. The minimum atomic E-state index is -4.91. The third kappa shape index (κ3) is 4.71. The summed E-state index contributed by atoms with van der Waals surface area (Å²) < 4.78 is 42.9. The molecule has 0 aromatic heterocycles. The molecule has 0 bridgehead atoms. The first-order valence-corrected chi connectivity index (χ1v) is 13.8. The van der Waals surface area contributed by atoms with Gasteiger partial charge in [-0.1, -0.05) is 65.5 Å². The molecule has 0 aromatic carbocycles. The van der Waals surface area contributed by atoms with Crippen LogP contribution in [0.25, 0.3) is 0 Å². The Labute approximate surface area is 204 Å². The maximum absolute atomic E-state index is 12.7. The Morgan fingerprint density at radius 2 is 1.79 bits per heavy atom. The fraction of sp³-hybridized carbons (Fsp3) is 0.897. The van der Waals surface area contributed by atoms with Crippen LogP contribution in [0.4, 0.5) is 13.2 Å². The molecule has 194 valence electrons. The Balaban J connectivity index is 1.44. The van der Waals surface area contributed by atoms with E-state index < -0.39 is 18.2 Å². The fourth-order valence-electron chi connectivity index (χ4n) is 8.97. The third-order valence-electron chi connectivity index (χ3n) is 10.8. The van der Waals surface area contributed by atoms with Crippen LogP contribution in [0.3, 0.4) is 0 Å². The third-order valence-corrected chi connectivity index (χ3v) is 10.8. The maximum atomic E-state index is 12.7. The summed E-state index contributed by atoms with van der Waals surface area (Å²) in [5.41, 5.74) is 1.73. The minimum absolute atomic E-state index is 0.0480. The summed E-state index contributed by atoms with van der Waals surface area (Å²) >= 11 is 0. The Kier molecular flexibility index (Phi) is 7.26. The summed E-state index contributed by atoms with van der Waals surface area (Å²) in [5, 5.41) is 0. The van der Waals surface area contributed by atoms with Crippen molar-refractivity contribution in [3.8, 4) is 0 Å².